The molecule has 0 aliphatic carbocycles. The number of aryl methyl sites for hydroxylation is 1. The van der Waals surface area contributed by atoms with Gasteiger partial charge in [-0.2, -0.15) is 0 Å². The lowest BCUT2D eigenvalue weighted by Crippen LogP contribution is -1.99. The number of benzene rings is 2. The highest BCUT2D eigenvalue weighted by Crippen LogP contribution is 2.28. The maximum atomic E-state index is 10.7. The molecule has 0 aliphatic rings. The zero-order chi connectivity index (χ0) is 15.5. The lowest BCUT2D eigenvalue weighted by molar-refractivity contribution is -0.136. The van der Waals surface area contributed by atoms with Crippen molar-refractivity contribution >= 4 is 28.5 Å². The Bertz CT molecular complexity index is 828. The molecule has 1 heterocycles. The molecule has 1 N–H and O–H groups in total. The van der Waals surface area contributed by atoms with E-state index in [1.54, 1.807) is 0 Å². The Morgan fingerprint density at radius 2 is 1.82 bits per heavy atom. The molecule has 4 heteroatoms. The van der Waals surface area contributed by atoms with Gasteiger partial charge in [-0.15, -0.1) is 0 Å². The number of aliphatic carboxylic acids is 1. The molecule has 2 aromatic carbocycles. The van der Waals surface area contributed by atoms with Crippen LogP contribution in [0.25, 0.3) is 22.0 Å². The zero-order valence-corrected chi connectivity index (χ0v) is 12.5. The Morgan fingerprint density at radius 1 is 1.05 bits per heavy atom. The first-order valence-electron chi connectivity index (χ1n) is 7.00. The molecule has 0 spiro atoms. The van der Waals surface area contributed by atoms with Crippen molar-refractivity contribution in [2.45, 2.75) is 12.8 Å². The zero-order valence-electron chi connectivity index (χ0n) is 11.8. The van der Waals surface area contributed by atoms with E-state index in [2.05, 4.69) is 4.98 Å². The molecule has 0 bridgehead atoms. The second-order valence-corrected chi connectivity index (χ2v) is 5.52. The molecule has 22 heavy (non-hydrogen) atoms. The summed E-state index contributed by atoms with van der Waals surface area (Å²) < 4.78 is 0. The van der Waals surface area contributed by atoms with E-state index < -0.39 is 5.97 Å². The predicted molar refractivity (Wildman–Crippen MR) is 88.1 cm³/mol. The van der Waals surface area contributed by atoms with Crippen LogP contribution in [0.2, 0.25) is 5.02 Å². The molecule has 0 amide bonds. The fourth-order valence-electron chi connectivity index (χ4n) is 2.42. The molecular formula is C18H14ClNO2. The van der Waals surface area contributed by atoms with E-state index in [-0.39, 0.29) is 6.42 Å². The number of fused-ring (bicyclic) bond motifs is 1. The molecule has 0 saturated heterocycles. The number of hydrogen-bond donors (Lipinski definition) is 1. The molecule has 0 atom stereocenters. The van der Waals surface area contributed by atoms with Crippen LogP contribution in [-0.4, -0.2) is 16.1 Å². The van der Waals surface area contributed by atoms with Crippen LogP contribution in [0.15, 0.2) is 54.6 Å². The third-order valence-corrected chi connectivity index (χ3v) is 3.78. The van der Waals surface area contributed by atoms with Crippen molar-refractivity contribution in [1.82, 2.24) is 4.98 Å². The minimum absolute atomic E-state index is 0.0849. The van der Waals surface area contributed by atoms with E-state index in [0.717, 1.165) is 27.7 Å². The van der Waals surface area contributed by atoms with Gasteiger partial charge in [0.1, 0.15) is 0 Å². The number of carbonyl (C=O) groups is 1. The summed E-state index contributed by atoms with van der Waals surface area (Å²) in [4.78, 5) is 15.4. The van der Waals surface area contributed by atoms with E-state index in [9.17, 15) is 4.79 Å². The summed E-state index contributed by atoms with van der Waals surface area (Å²) >= 11 is 5.94. The maximum absolute atomic E-state index is 10.7. The molecule has 3 aromatic rings. The summed E-state index contributed by atoms with van der Waals surface area (Å²) in [5, 5.41) is 10.5. The lowest BCUT2D eigenvalue weighted by atomic mass is 10.0. The highest BCUT2D eigenvalue weighted by molar-refractivity contribution is 6.30. The van der Waals surface area contributed by atoms with Crippen molar-refractivity contribution in [3.05, 3.63) is 65.3 Å². The topological polar surface area (TPSA) is 50.2 Å². The van der Waals surface area contributed by atoms with Crippen LogP contribution in [0.5, 0.6) is 0 Å². The second kappa shape index (κ2) is 6.16. The summed E-state index contributed by atoms with van der Waals surface area (Å²) in [6.07, 6.45) is 0.516. The summed E-state index contributed by atoms with van der Waals surface area (Å²) in [7, 11) is 0. The van der Waals surface area contributed by atoms with Crippen molar-refractivity contribution in [2.24, 2.45) is 0 Å². The van der Waals surface area contributed by atoms with Gasteiger partial charge in [-0.25, -0.2) is 0 Å². The fourth-order valence-corrected chi connectivity index (χ4v) is 2.55. The molecule has 3 rings (SSSR count). The summed E-state index contributed by atoms with van der Waals surface area (Å²) in [5.41, 5.74) is 3.73. The van der Waals surface area contributed by atoms with Crippen LogP contribution in [0.3, 0.4) is 0 Å². The molecule has 3 nitrogen and oxygen atoms in total. The number of carboxylic acid groups (broad SMARTS) is 1. The van der Waals surface area contributed by atoms with Crippen molar-refractivity contribution in [1.29, 1.82) is 0 Å². The summed E-state index contributed by atoms with van der Waals surface area (Å²) in [5.74, 6) is -0.812. The number of para-hydroxylation sites is 1. The van der Waals surface area contributed by atoms with E-state index in [1.165, 1.54) is 0 Å². The van der Waals surface area contributed by atoms with E-state index >= 15 is 0 Å². The van der Waals surface area contributed by atoms with Gasteiger partial charge in [-0.05, 0) is 23.8 Å². The first kappa shape index (κ1) is 14.5. The van der Waals surface area contributed by atoms with Crippen molar-refractivity contribution in [2.75, 3.05) is 0 Å². The second-order valence-electron chi connectivity index (χ2n) is 5.08. The lowest BCUT2D eigenvalue weighted by Gasteiger charge is -2.08. The molecule has 0 aliphatic heterocycles. The summed E-state index contributed by atoms with van der Waals surface area (Å²) in [6, 6.07) is 17.5. The quantitative estimate of drug-likeness (QED) is 0.767. The Labute approximate surface area is 133 Å². The van der Waals surface area contributed by atoms with E-state index in [4.69, 9.17) is 16.7 Å². The smallest absolute Gasteiger partial charge is 0.303 e. The highest BCUT2D eigenvalue weighted by Gasteiger charge is 2.07. The largest absolute Gasteiger partial charge is 0.481 e. The fraction of sp³-hybridized carbons (Fsp3) is 0.111. The Morgan fingerprint density at radius 3 is 2.55 bits per heavy atom. The number of hydrogen-bond acceptors (Lipinski definition) is 2. The van der Waals surface area contributed by atoms with Crippen LogP contribution < -0.4 is 0 Å². The van der Waals surface area contributed by atoms with Crippen LogP contribution in [0.1, 0.15) is 12.1 Å². The number of aromatic nitrogens is 1. The Hall–Kier alpha value is -2.39. The SMILES string of the molecule is O=C(O)CCc1ccc2cccc(-c3ccc(Cl)cc3)c2n1. The van der Waals surface area contributed by atoms with Crippen molar-refractivity contribution in [3.63, 3.8) is 0 Å². The predicted octanol–water partition coefficient (Wildman–Crippen LogP) is 4.57. The average Bonchev–Trinajstić information content (AvgIpc) is 2.53. The van der Waals surface area contributed by atoms with E-state index in [0.29, 0.717) is 11.4 Å². The minimum Gasteiger partial charge on any atom is -0.481 e. The molecule has 0 fully saturated rings. The number of carboxylic acids is 1. The molecule has 110 valence electrons. The van der Waals surface area contributed by atoms with Crippen LogP contribution >= 0.6 is 11.6 Å². The average molecular weight is 312 g/mol. The van der Waals surface area contributed by atoms with Gasteiger partial charge in [-0.3, -0.25) is 9.78 Å². The molecule has 0 unspecified atom stereocenters. The number of nitrogens with zero attached hydrogens (tertiary/aromatic N) is 1. The Balaban J connectivity index is 2.07. The van der Waals surface area contributed by atoms with Gasteiger partial charge in [0.05, 0.1) is 11.9 Å². The van der Waals surface area contributed by atoms with Gasteiger partial charge in [0.15, 0.2) is 0 Å². The number of halogens is 1. The molecule has 1 aromatic heterocycles. The van der Waals surface area contributed by atoms with Crippen LogP contribution in [0.4, 0.5) is 0 Å². The Kier molecular flexibility index (Phi) is 4.07. The van der Waals surface area contributed by atoms with Crippen LogP contribution in [-0.2, 0) is 11.2 Å². The van der Waals surface area contributed by atoms with Gasteiger partial charge in [0.25, 0.3) is 0 Å². The standard InChI is InChI=1S/C18H14ClNO2/c19-14-7-4-12(5-8-14)16-3-1-2-13-6-9-15(20-18(13)16)10-11-17(21)22/h1-9H,10-11H2,(H,21,22). The maximum Gasteiger partial charge on any atom is 0.303 e. The molecular weight excluding hydrogens is 298 g/mol. The van der Waals surface area contributed by atoms with Gasteiger partial charge in [0, 0.05) is 28.1 Å². The van der Waals surface area contributed by atoms with Gasteiger partial charge in [-0.1, -0.05) is 48.0 Å². The van der Waals surface area contributed by atoms with Crippen molar-refractivity contribution < 1.29 is 9.90 Å². The van der Waals surface area contributed by atoms with Gasteiger partial charge >= 0.3 is 5.97 Å². The molecule has 0 saturated carbocycles. The molecule has 0 radical (unpaired) electrons. The minimum atomic E-state index is -0.812. The monoisotopic (exact) mass is 311 g/mol. The van der Waals surface area contributed by atoms with Crippen LogP contribution in [0, 0.1) is 0 Å². The number of pyridine rings is 1. The third-order valence-electron chi connectivity index (χ3n) is 3.53. The highest BCUT2D eigenvalue weighted by atomic mass is 35.5. The van der Waals surface area contributed by atoms with E-state index in [1.807, 2.05) is 54.6 Å². The van der Waals surface area contributed by atoms with Gasteiger partial charge < -0.3 is 5.11 Å². The van der Waals surface area contributed by atoms with Crippen molar-refractivity contribution in [3.8, 4) is 11.1 Å². The summed E-state index contributed by atoms with van der Waals surface area (Å²) in [6.45, 7) is 0. The first-order valence-corrected chi connectivity index (χ1v) is 7.38. The number of rotatable bonds is 4. The van der Waals surface area contributed by atoms with Gasteiger partial charge in [0.2, 0.25) is 0 Å². The first-order chi connectivity index (χ1) is 10.6. The normalized spacial score (nSPS) is 10.8. The third kappa shape index (κ3) is 3.10.